The number of hydrogen-bond donors (Lipinski definition) is 0. The Morgan fingerprint density at radius 3 is 2.48 bits per heavy atom. The lowest BCUT2D eigenvalue weighted by molar-refractivity contribution is 0.665. The molecule has 0 radical (unpaired) electrons. The first kappa shape index (κ1) is 15.9. The Bertz CT molecular complexity index is 944. The average molecular weight is 329 g/mol. The van der Waals surface area contributed by atoms with Crippen LogP contribution < -0.4 is 0 Å². The van der Waals surface area contributed by atoms with Crippen molar-refractivity contribution in [3.63, 3.8) is 0 Å². The summed E-state index contributed by atoms with van der Waals surface area (Å²) in [5, 5.41) is 0. The van der Waals surface area contributed by atoms with Gasteiger partial charge < -0.3 is 0 Å². The normalized spacial score (nSPS) is 13.6. The maximum atomic E-state index is 4.98. The second kappa shape index (κ2) is 6.40. The maximum Gasteiger partial charge on any atom is 0.178 e. The van der Waals surface area contributed by atoms with Gasteiger partial charge in [-0.15, -0.1) is 0 Å². The minimum Gasteiger partial charge on any atom is -0.250 e. The molecule has 0 aliphatic heterocycles. The van der Waals surface area contributed by atoms with Crippen LogP contribution in [0.4, 0.5) is 0 Å². The van der Waals surface area contributed by atoms with Gasteiger partial charge in [-0.3, -0.25) is 0 Å². The van der Waals surface area contributed by atoms with E-state index in [0.29, 0.717) is 0 Å². The lowest BCUT2D eigenvalue weighted by Gasteiger charge is -2.20. The Kier molecular flexibility index (Phi) is 4.08. The minimum absolute atomic E-state index is 0.749. The quantitative estimate of drug-likeness (QED) is 0.663. The fourth-order valence-corrected chi connectivity index (χ4v) is 3.68. The van der Waals surface area contributed by atoms with Gasteiger partial charge in [0.25, 0.3) is 0 Å². The highest BCUT2D eigenvalue weighted by Gasteiger charge is 2.20. The molecule has 0 amide bonds. The second-order valence-electron chi connectivity index (χ2n) is 7.01. The van der Waals surface area contributed by atoms with Crippen molar-refractivity contribution in [3.8, 4) is 22.8 Å². The molecule has 0 unspecified atom stereocenters. The molecule has 25 heavy (non-hydrogen) atoms. The van der Waals surface area contributed by atoms with Crippen LogP contribution in [0.25, 0.3) is 22.8 Å². The topological polar surface area (TPSA) is 38.7 Å². The van der Waals surface area contributed by atoms with Crippen LogP contribution in [-0.2, 0) is 12.8 Å². The van der Waals surface area contributed by atoms with Crippen LogP contribution in [-0.4, -0.2) is 15.0 Å². The first-order valence-corrected chi connectivity index (χ1v) is 9.03. The van der Waals surface area contributed by atoms with Crippen LogP contribution in [0.1, 0.15) is 40.9 Å². The number of aromatic nitrogens is 3. The molecule has 0 atom stereocenters. The van der Waals surface area contributed by atoms with Crippen molar-refractivity contribution in [1.29, 1.82) is 0 Å². The summed E-state index contributed by atoms with van der Waals surface area (Å²) in [7, 11) is 0. The number of fused-ring (bicyclic) bond motifs is 1. The van der Waals surface area contributed by atoms with Crippen LogP contribution in [0.3, 0.4) is 0 Å². The third-order valence-corrected chi connectivity index (χ3v) is 4.94. The van der Waals surface area contributed by atoms with Gasteiger partial charge >= 0.3 is 0 Å². The molecular formula is C22H23N3. The molecule has 1 aliphatic rings. The van der Waals surface area contributed by atoms with Gasteiger partial charge in [-0.25, -0.2) is 15.0 Å². The zero-order valence-electron chi connectivity index (χ0n) is 15.1. The summed E-state index contributed by atoms with van der Waals surface area (Å²) in [6, 6.07) is 12.6. The summed E-state index contributed by atoms with van der Waals surface area (Å²) in [6.45, 7) is 6.31. The van der Waals surface area contributed by atoms with Crippen molar-refractivity contribution in [3.05, 3.63) is 64.5 Å². The zero-order chi connectivity index (χ0) is 17.4. The van der Waals surface area contributed by atoms with Gasteiger partial charge in [0, 0.05) is 22.5 Å². The van der Waals surface area contributed by atoms with E-state index in [1.807, 2.05) is 25.1 Å². The zero-order valence-corrected chi connectivity index (χ0v) is 15.1. The van der Waals surface area contributed by atoms with Gasteiger partial charge in [0.15, 0.2) is 5.82 Å². The van der Waals surface area contributed by atoms with Crippen LogP contribution in [0.15, 0.2) is 36.4 Å². The summed E-state index contributed by atoms with van der Waals surface area (Å²) >= 11 is 0. The van der Waals surface area contributed by atoms with Gasteiger partial charge in [0.1, 0.15) is 5.69 Å². The van der Waals surface area contributed by atoms with Gasteiger partial charge in [-0.2, -0.15) is 0 Å². The molecule has 0 N–H and O–H groups in total. The van der Waals surface area contributed by atoms with E-state index in [2.05, 4.69) is 37.0 Å². The molecule has 126 valence electrons. The molecule has 3 heteroatoms. The van der Waals surface area contributed by atoms with Crippen LogP contribution in [0.5, 0.6) is 0 Å². The van der Waals surface area contributed by atoms with E-state index in [4.69, 9.17) is 9.97 Å². The van der Waals surface area contributed by atoms with Crippen LogP contribution in [0, 0.1) is 20.8 Å². The van der Waals surface area contributed by atoms with E-state index in [9.17, 15) is 0 Å². The predicted molar refractivity (Wildman–Crippen MR) is 102 cm³/mol. The molecule has 0 saturated carbocycles. The standard InChI is InChI=1S/C22H23N3/c1-14-11-12-17(15(2)13-14)21-18-8-4-5-9-19(18)24-22(25-21)20-10-6-7-16(3)23-20/h6-7,10-13H,4-5,8-9H2,1-3H3. The maximum absolute atomic E-state index is 4.98. The lowest BCUT2D eigenvalue weighted by atomic mass is 9.90. The Labute approximate surface area is 149 Å². The summed E-state index contributed by atoms with van der Waals surface area (Å²) in [5.41, 5.74) is 9.26. The lowest BCUT2D eigenvalue weighted by Crippen LogP contribution is -2.11. The van der Waals surface area contributed by atoms with Gasteiger partial charge in [0.05, 0.1) is 5.69 Å². The minimum atomic E-state index is 0.749. The first-order valence-electron chi connectivity index (χ1n) is 9.03. The summed E-state index contributed by atoms with van der Waals surface area (Å²) in [4.78, 5) is 14.5. The van der Waals surface area contributed by atoms with Crippen molar-refractivity contribution < 1.29 is 0 Å². The molecule has 3 nitrogen and oxygen atoms in total. The number of aryl methyl sites for hydroxylation is 4. The van der Waals surface area contributed by atoms with E-state index in [0.717, 1.165) is 35.7 Å². The highest BCUT2D eigenvalue weighted by Crippen LogP contribution is 2.33. The van der Waals surface area contributed by atoms with Gasteiger partial charge in [-0.1, -0.05) is 29.8 Å². The molecule has 0 fully saturated rings. The molecule has 0 saturated heterocycles. The Balaban J connectivity index is 1.94. The average Bonchev–Trinajstić information content (AvgIpc) is 2.61. The van der Waals surface area contributed by atoms with Gasteiger partial charge in [-0.05, 0) is 64.2 Å². The van der Waals surface area contributed by atoms with Crippen LogP contribution in [0.2, 0.25) is 0 Å². The molecule has 1 aliphatic carbocycles. The Morgan fingerprint density at radius 1 is 0.840 bits per heavy atom. The van der Waals surface area contributed by atoms with E-state index < -0.39 is 0 Å². The van der Waals surface area contributed by atoms with E-state index in [1.165, 1.54) is 40.8 Å². The third-order valence-electron chi connectivity index (χ3n) is 4.94. The van der Waals surface area contributed by atoms with Crippen molar-refractivity contribution >= 4 is 0 Å². The number of nitrogens with zero attached hydrogens (tertiary/aromatic N) is 3. The fraction of sp³-hybridized carbons (Fsp3) is 0.318. The number of hydrogen-bond acceptors (Lipinski definition) is 3. The summed E-state index contributed by atoms with van der Waals surface area (Å²) < 4.78 is 0. The number of rotatable bonds is 2. The second-order valence-corrected chi connectivity index (χ2v) is 7.01. The molecular weight excluding hydrogens is 306 g/mol. The Morgan fingerprint density at radius 2 is 1.68 bits per heavy atom. The van der Waals surface area contributed by atoms with E-state index in [-0.39, 0.29) is 0 Å². The van der Waals surface area contributed by atoms with Crippen molar-refractivity contribution in [2.24, 2.45) is 0 Å². The van der Waals surface area contributed by atoms with Crippen molar-refractivity contribution in [2.45, 2.75) is 46.5 Å². The van der Waals surface area contributed by atoms with E-state index >= 15 is 0 Å². The monoisotopic (exact) mass is 329 g/mol. The fourth-order valence-electron chi connectivity index (χ4n) is 3.68. The summed E-state index contributed by atoms with van der Waals surface area (Å²) in [5.74, 6) is 0.749. The largest absolute Gasteiger partial charge is 0.250 e. The molecule has 0 bridgehead atoms. The van der Waals surface area contributed by atoms with Crippen LogP contribution >= 0.6 is 0 Å². The molecule has 1 aromatic carbocycles. The highest BCUT2D eigenvalue weighted by molar-refractivity contribution is 5.70. The molecule has 2 aromatic heterocycles. The summed E-state index contributed by atoms with van der Waals surface area (Å²) in [6.07, 6.45) is 4.53. The smallest absolute Gasteiger partial charge is 0.178 e. The van der Waals surface area contributed by atoms with Gasteiger partial charge in [0.2, 0.25) is 0 Å². The molecule has 4 rings (SSSR count). The highest BCUT2D eigenvalue weighted by atomic mass is 14.9. The number of benzene rings is 1. The SMILES string of the molecule is Cc1ccc(-c2nc(-c3cccc(C)n3)nc3c2CCCC3)c(C)c1. The van der Waals surface area contributed by atoms with E-state index in [1.54, 1.807) is 0 Å². The first-order chi connectivity index (χ1) is 12.1. The predicted octanol–water partition coefficient (Wildman–Crippen LogP) is 5.01. The molecule has 3 aromatic rings. The molecule has 2 heterocycles. The van der Waals surface area contributed by atoms with Crippen molar-refractivity contribution in [2.75, 3.05) is 0 Å². The third kappa shape index (κ3) is 3.07. The molecule has 0 spiro atoms. The Hall–Kier alpha value is -2.55. The van der Waals surface area contributed by atoms with Crippen molar-refractivity contribution in [1.82, 2.24) is 15.0 Å². The number of pyridine rings is 1.